The summed E-state index contributed by atoms with van der Waals surface area (Å²) in [6, 6.07) is 14.4. The third kappa shape index (κ3) is 8.36. The minimum absolute atomic E-state index is 0.00749. The fourth-order valence-corrected chi connectivity index (χ4v) is 3.80. The van der Waals surface area contributed by atoms with Gasteiger partial charge in [0.15, 0.2) is 23.0 Å². The van der Waals surface area contributed by atoms with E-state index >= 15 is 0 Å². The summed E-state index contributed by atoms with van der Waals surface area (Å²) in [6.45, 7) is 2.20. The highest BCUT2D eigenvalue weighted by molar-refractivity contribution is 6.33. The van der Waals surface area contributed by atoms with E-state index in [9.17, 15) is 14.4 Å². The van der Waals surface area contributed by atoms with Crippen LogP contribution in [0.4, 0.5) is 0 Å². The molecular formula is C29H30ClN3O8. The van der Waals surface area contributed by atoms with Gasteiger partial charge in [-0.05, 0) is 55.0 Å². The first-order valence-electron chi connectivity index (χ1n) is 12.4. The van der Waals surface area contributed by atoms with Crippen LogP contribution < -0.4 is 34.4 Å². The maximum absolute atomic E-state index is 12.9. The third-order valence-electron chi connectivity index (χ3n) is 5.53. The van der Waals surface area contributed by atoms with Gasteiger partial charge in [0.05, 0.1) is 50.3 Å². The van der Waals surface area contributed by atoms with E-state index in [0.717, 1.165) is 0 Å². The molecule has 0 spiro atoms. The van der Waals surface area contributed by atoms with E-state index in [1.54, 1.807) is 49.4 Å². The van der Waals surface area contributed by atoms with Crippen molar-refractivity contribution in [2.24, 2.45) is 5.10 Å². The molecule has 0 fully saturated rings. The first kappa shape index (κ1) is 30.8. The molecule has 0 unspecified atom stereocenters. The van der Waals surface area contributed by atoms with Gasteiger partial charge in [-0.3, -0.25) is 9.59 Å². The predicted molar refractivity (Wildman–Crippen MR) is 153 cm³/mol. The van der Waals surface area contributed by atoms with E-state index in [1.807, 2.05) is 0 Å². The third-order valence-corrected chi connectivity index (χ3v) is 5.86. The zero-order valence-electron chi connectivity index (χ0n) is 23.0. The topological polar surface area (TPSA) is 134 Å². The molecule has 3 aromatic rings. The Kier molecular flexibility index (Phi) is 11.4. The Hall–Kier alpha value is -4.77. The smallest absolute Gasteiger partial charge is 0.343 e. The molecule has 12 heteroatoms. The van der Waals surface area contributed by atoms with Gasteiger partial charge in [0, 0.05) is 13.0 Å². The summed E-state index contributed by atoms with van der Waals surface area (Å²) in [5.74, 6) is -0.00424. The van der Waals surface area contributed by atoms with Crippen LogP contribution in [0.3, 0.4) is 0 Å². The largest absolute Gasteiger partial charge is 0.493 e. The summed E-state index contributed by atoms with van der Waals surface area (Å²) in [4.78, 5) is 37.2. The van der Waals surface area contributed by atoms with Crippen LogP contribution in [0.25, 0.3) is 0 Å². The summed E-state index contributed by atoms with van der Waals surface area (Å²) in [7, 11) is 4.36. The second kappa shape index (κ2) is 15.1. The molecule has 2 N–H and O–H groups in total. The number of hydrogen-bond donors (Lipinski definition) is 2. The van der Waals surface area contributed by atoms with Crippen LogP contribution in [0.2, 0.25) is 5.02 Å². The lowest BCUT2D eigenvalue weighted by Gasteiger charge is -2.15. The lowest BCUT2D eigenvalue weighted by molar-refractivity contribution is -0.120. The molecule has 11 nitrogen and oxygen atoms in total. The molecule has 0 atom stereocenters. The Labute approximate surface area is 242 Å². The van der Waals surface area contributed by atoms with Crippen LogP contribution in [-0.2, 0) is 4.79 Å². The number of carbonyl (C=O) groups is 3. The Morgan fingerprint density at radius 2 is 1.61 bits per heavy atom. The number of benzene rings is 3. The number of nitrogens with one attached hydrogen (secondary N) is 2. The molecule has 0 aliphatic heterocycles. The van der Waals surface area contributed by atoms with E-state index < -0.39 is 11.9 Å². The van der Waals surface area contributed by atoms with Gasteiger partial charge >= 0.3 is 5.97 Å². The van der Waals surface area contributed by atoms with E-state index in [1.165, 1.54) is 39.7 Å². The van der Waals surface area contributed by atoms with E-state index in [0.29, 0.717) is 45.8 Å². The van der Waals surface area contributed by atoms with E-state index in [-0.39, 0.29) is 30.2 Å². The average molecular weight is 584 g/mol. The lowest BCUT2D eigenvalue weighted by atomic mass is 10.1. The standard InChI is InChI=1S/C29H30ClN3O8/c1-5-40-23-14-18(17-32-33-26(34)12-13-31-28(35)20-8-6-7-9-21(20)30)10-11-22(23)41-29(36)19-15-24(37-2)27(39-4)25(16-19)38-3/h6-11,14-17H,5,12-13H2,1-4H3,(H,31,35)(H,33,34)/b32-17-. The molecule has 0 saturated heterocycles. The highest BCUT2D eigenvalue weighted by Crippen LogP contribution is 2.39. The Morgan fingerprint density at radius 3 is 2.24 bits per heavy atom. The van der Waals surface area contributed by atoms with Crippen LogP contribution in [-0.4, -0.2) is 58.5 Å². The molecule has 0 bridgehead atoms. The maximum atomic E-state index is 12.9. The summed E-state index contributed by atoms with van der Waals surface area (Å²) < 4.78 is 27.1. The van der Waals surface area contributed by atoms with Crippen LogP contribution in [0, 0.1) is 0 Å². The molecule has 0 aliphatic rings. The molecule has 0 heterocycles. The van der Waals surface area contributed by atoms with Gasteiger partial charge in [-0.1, -0.05) is 23.7 Å². The highest BCUT2D eigenvalue weighted by atomic mass is 35.5. The molecule has 2 amide bonds. The van der Waals surface area contributed by atoms with Crippen LogP contribution >= 0.6 is 11.6 Å². The number of rotatable bonds is 13. The lowest BCUT2D eigenvalue weighted by Crippen LogP contribution is -2.29. The number of nitrogens with zero attached hydrogens (tertiary/aromatic N) is 1. The van der Waals surface area contributed by atoms with Crippen molar-refractivity contribution >= 4 is 35.6 Å². The first-order valence-corrected chi connectivity index (χ1v) is 12.8. The van der Waals surface area contributed by atoms with Crippen molar-refractivity contribution in [3.8, 4) is 28.7 Å². The van der Waals surface area contributed by atoms with Crippen molar-refractivity contribution < 1.29 is 38.1 Å². The second-order valence-corrected chi connectivity index (χ2v) is 8.63. The molecular weight excluding hydrogens is 554 g/mol. The Morgan fingerprint density at radius 1 is 0.902 bits per heavy atom. The van der Waals surface area contributed by atoms with Gasteiger partial charge in [0.25, 0.3) is 5.91 Å². The van der Waals surface area contributed by atoms with Gasteiger partial charge in [0.2, 0.25) is 11.7 Å². The van der Waals surface area contributed by atoms with Crippen molar-refractivity contribution in [3.05, 3.63) is 76.3 Å². The molecule has 0 aliphatic carbocycles. The number of hydrazone groups is 1. The van der Waals surface area contributed by atoms with E-state index in [4.69, 9.17) is 35.3 Å². The van der Waals surface area contributed by atoms with Crippen molar-refractivity contribution in [1.82, 2.24) is 10.7 Å². The number of esters is 1. The molecule has 3 aromatic carbocycles. The molecule has 0 aromatic heterocycles. The van der Waals surface area contributed by atoms with Crippen LogP contribution in [0.15, 0.2) is 59.7 Å². The predicted octanol–water partition coefficient (Wildman–Crippen LogP) is 4.25. The molecule has 0 radical (unpaired) electrons. The molecule has 41 heavy (non-hydrogen) atoms. The van der Waals surface area contributed by atoms with Gasteiger partial charge in [-0.25, -0.2) is 10.2 Å². The molecule has 3 rings (SSSR count). The van der Waals surface area contributed by atoms with Crippen molar-refractivity contribution in [2.45, 2.75) is 13.3 Å². The van der Waals surface area contributed by atoms with Crippen molar-refractivity contribution in [1.29, 1.82) is 0 Å². The first-order chi connectivity index (χ1) is 19.8. The molecule has 216 valence electrons. The number of ether oxygens (including phenoxy) is 5. The van der Waals surface area contributed by atoms with Gasteiger partial charge in [0.1, 0.15) is 0 Å². The summed E-state index contributed by atoms with van der Waals surface area (Å²) >= 11 is 6.01. The summed E-state index contributed by atoms with van der Waals surface area (Å²) in [5.41, 5.74) is 3.48. The fourth-order valence-electron chi connectivity index (χ4n) is 3.58. The van der Waals surface area contributed by atoms with Crippen molar-refractivity contribution in [2.75, 3.05) is 34.5 Å². The zero-order chi connectivity index (χ0) is 29.8. The SMILES string of the molecule is CCOc1cc(/C=N\NC(=O)CCNC(=O)c2ccccc2Cl)ccc1OC(=O)c1cc(OC)c(OC)c(OC)c1. The summed E-state index contributed by atoms with van der Waals surface area (Å²) in [5, 5.41) is 6.91. The van der Waals surface area contributed by atoms with Gasteiger partial charge < -0.3 is 29.0 Å². The fraction of sp³-hybridized carbons (Fsp3) is 0.241. The van der Waals surface area contributed by atoms with Gasteiger partial charge in [-0.2, -0.15) is 5.10 Å². The summed E-state index contributed by atoms with van der Waals surface area (Å²) in [6.07, 6.45) is 1.42. The minimum atomic E-state index is -0.666. The van der Waals surface area contributed by atoms with Crippen LogP contribution in [0.1, 0.15) is 39.6 Å². The monoisotopic (exact) mass is 583 g/mol. The average Bonchev–Trinajstić information content (AvgIpc) is 2.97. The Bertz CT molecular complexity index is 1400. The van der Waals surface area contributed by atoms with Crippen molar-refractivity contribution in [3.63, 3.8) is 0 Å². The second-order valence-electron chi connectivity index (χ2n) is 8.22. The quantitative estimate of drug-likeness (QED) is 0.132. The van der Waals surface area contributed by atoms with E-state index in [2.05, 4.69) is 15.8 Å². The number of halogens is 1. The van der Waals surface area contributed by atoms with Gasteiger partial charge in [-0.15, -0.1) is 0 Å². The number of carbonyl (C=O) groups excluding carboxylic acids is 3. The number of hydrogen-bond acceptors (Lipinski definition) is 9. The maximum Gasteiger partial charge on any atom is 0.343 e. The molecule has 0 saturated carbocycles. The minimum Gasteiger partial charge on any atom is -0.493 e. The van der Waals surface area contributed by atoms with Crippen LogP contribution in [0.5, 0.6) is 28.7 Å². The normalized spacial score (nSPS) is 10.6. The Balaban J connectivity index is 1.61. The number of amides is 2. The number of methoxy groups -OCH3 is 3. The zero-order valence-corrected chi connectivity index (χ0v) is 23.7. The highest BCUT2D eigenvalue weighted by Gasteiger charge is 2.20.